The van der Waals surface area contributed by atoms with E-state index in [-0.39, 0.29) is 18.1 Å². The van der Waals surface area contributed by atoms with Gasteiger partial charge in [0.15, 0.2) is 15.6 Å². The van der Waals surface area contributed by atoms with Crippen molar-refractivity contribution in [2.24, 2.45) is 0 Å². The van der Waals surface area contributed by atoms with Gasteiger partial charge < -0.3 is 0 Å². The third-order valence-electron chi connectivity index (χ3n) is 3.31. The molecule has 0 saturated carbocycles. The van der Waals surface area contributed by atoms with Gasteiger partial charge in [-0.15, -0.1) is 11.3 Å². The van der Waals surface area contributed by atoms with Crippen LogP contribution in [0.4, 0.5) is 0 Å². The van der Waals surface area contributed by atoms with E-state index in [1.165, 1.54) is 0 Å². The molecule has 1 unspecified atom stereocenters. The lowest BCUT2D eigenvalue weighted by Crippen LogP contribution is -2.49. The topological polar surface area (TPSA) is 54.5 Å². The van der Waals surface area contributed by atoms with Gasteiger partial charge >= 0.3 is 0 Å². The van der Waals surface area contributed by atoms with E-state index >= 15 is 0 Å². The lowest BCUT2D eigenvalue weighted by atomic mass is 10.2. The number of carbonyl (C=O) groups is 1. The summed E-state index contributed by atoms with van der Waals surface area (Å²) in [5, 5.41) is -0.599. The summed E-state index contributed by atoms with van der Waals surface area (Å²) in [7, 11) is -3.21. The van der Waals surface area contributed by atoms with Gasteiger partial charge in [-0.3, -0.25) is 9.69 Å². The fourth-order valence-corrected chi connectivity index (χ4v) is 6.70. The largest absolute Gasteiger partial charge is 0.293 e. The first-order valence-corrected chi connectivity index (χ1v) is 10.8. The van der Waals surface area contributed by atoms with Crippen LogP contribution in [0.25, 0.3) is 0 Å². The highest BCUT2D eigenvalue weighted by Gasteiger charge is 2.34. The monoisotopic (exact) mass is 387 g/mol. The predicted octanol–water partition coefficient (Wildman–Crippen LogP) is 3.05. The van der Waals surface area contributed by atoms with Gasteiger partial charge in [-0.2, -0.15) is 11.8 Å². The molecule has 9 heteroatoms. The third kappa shape index (κ3) is 4.14. The molecule has 1 saturated heterocycles. The van der Waals surface area contributed by atoms with Crippen molar-refractivity contribution in [1.82, 2.24) is 4.90 Å². The fraction of sp³-hybridized carbons (Fsp3) is 0.583. The summed E-state index contributed by atoms with van der Waals surface area (Å²) in [5.74, 6) is 1.21. The molecule has 0 spiro atoms. The van der Waals surface area contributed by atoms with Crippen molar-refractivity contribution >= 4 is 61.9 Å². The van der Waals surface area contributed by atoms with E-state index in [9.17, 15) is 13.2 Å². The number of thiophene rings is 1. The van der Waals surface area contributed by atoms with E-state index in [0.717, 1.165) is 17.1 Å². The number of sulfone groups is 1. The van der Waals surface area contributed by atoms with E-state index in [2.05, 4.69) is 0 Å². The lowest BCUT2D eigenvalue weighted by molar-refractivity contribution is 0.0929. The van der Waals surface area contributed by atoms with Crippen LogP contribution in [0.1, 0.15) is 17.3 Å². The quantitative estimate of drug-likeness (QED) is 0.726. The average Bonchev–Trinajstić information content (AvgIpc) is 2.78. The van der Waals surface area contributed by atoms with Gasteiger partial charge in [0.1, 0.15) is 9.71 Å². The first-order chi connectivity index (χ1) is 9.85. The van der Waals surface area contributed by atoms with E-state index < -0.39 is 15.2 Å². The Balaban J connectivity index is 2.16. The Bertz CT molecular complexity index is 630. The second kappa shape index (κ2) is 7.19. The highest BCUT2D eigenvalue weighted by molar-refractivity contribution is 8.01. The molecule has 2 heterocycles. The number of rotatable bonds is 5. The van der Waals surface area contributed by atoms with Crippen molar-refractivity contribution in [3.05, 3.63) is 20.3 Å². The third-order valence-corrected chi connectivity index (χ3v) is 8.13. The summed E-state index contributed by atoms with van der Waals surface area (Å²) < 4.78 is 25.1. The standard InChI is InChI=1S/C12H15Cl2NO3S3/c1-2-21(17,18)11-7-19-4-3-15(11)6-9(16)8-5-10(13)20-12(8)14/h5,11H,2-4,6-7H2,1H3. The molecular weight excluding hydrogens is 373 g/mol. The van der Waals surface area contributed by atoms with Crippen LogP contribution in [-0.4, -0.2) is 54.8 Å². The molecule has 1 fully saturated rings. The van der Waals surface area contributed by atoms with Crippen molar-refractivity contribution in [2.75, 3.05) is 30.3 Å². The highest BCUT2D eigenvalue weighted by Crippen LogP contribution is 2.32. The van der Waals surface area contributed by atoms with Crippen LogP contribution in [0.5, 0.6) is 0 Å². The molecule has 118 valence electrons. The Hall–Kier alpha value is 0.210. The summed E-state index contributed by atoms with van der Waals surface area (Å²) in [4.78, 5) is 14.1. The number of hydrogen-bond donors (Lipinski definition) is 0. The predicted molar refractivity (Wildman–Crippen MR) is 90.8 cm³/mol. The minimum Gasteiger partial charge on any atom is -0.293 e. The number of hydrogen-bond acceptors (Lipinski definition) is 6. The summed E-state index contributed by atoms with van der Waals surface area (Å²) in [6.45, 7) is 2.26. The molecule has 2 rings (SSSR count). The van der Waals surface area contributed by atoms with Crippen LogP contribution >= 0.6 is 46.3 Å². The molecule has 0 radical (unpaired) electrons. The Kier molecular flexibility index (Phi) is 6.01. The second-order valence-corrected chi connectivity index (χ2v) is 10.5. The molecular formula is C12H15Cl2NO3S3. The van der Waals surface area contributed by atoms with E-state index in [1.807, 2.05) is 0 Å². The molecule has 0 aliphatic carbocycles. The number of carbonyl (C=O) groups excluding carboxylic acids is 1. The second-order valence-electron chi connectivity index (χ2n) is 4.61. The molecule has 0 aromatic carbocycles. The molecule has 0 amide bonds. The van der Waals surface area contributed by atoms with Crippen molar-refractivity contribution in [3.8, 4) is 0 Å². The van der Waals surface area contributed by atoms with Crippen LogP contribution in [0.15, 0.2) is 6.07 Å². The first-order valence-electron chi connectivity index (χ1n) is 6.36. The molecule has 1 atom stereocenters. The zero-order valence-corrected chi connectivity index (χ0v) is 15.3. The fourth-order valence-electron chi connectivity index (χ4n) is 2.12. The summed E-state index contributed by atoms with van der Waals surface area (Å²) in [6.07, 6.45) is 0. The summed E-state index contributed by atoms with van der Waals surface area (Å²) in [5.41, 5.74) is 0.373. The molecule has 21 heavy (non-hydrogen) atoms. The molecule has 1 aromatic rings. The maximum absolute atomic E-state index is 12.3. The van der Waals surface area contributed by atoms with Gasteiger partial charge in [-0.25, -0.2) is 8.42 Å². The van der Waals surface area contributed by atoms with Crippen LogP contribution in [0.2, 0.25) is 8.67 Å². The van der Waals surface area contributed by atoms with Crippen molar-refractivity contribution < 1.29 is 13.2 Å². The van der Waals surface area contributed by atoms with Crippen LogP contribution in [0.3, 0.4) is 0 Å². The van der Waals surface area contributed by atoms with Gasteiger partial charge in [0, 0.05) is 23.8 Å². The molecule has 0 N–H and O–H groups in total. The number of nitrogens with zero attached hydrogens (tertiary/aromatic N) is 1. The summed E-state index contributed by atoms with van der Waals surface area (Å²) in [6, 6.07) is 1.54. The van der Waals surface area contributed by atoms with Crippen LogP contribution < -0.4 is 0 Å². The Labute approximate surface area is 142 Å². The molecule has 1 aromatic heterocycles. The van der Waals surface area contributed by atoms with E-state index in [1.54, 1.807) is 29.7 Å². The number of halogens is 2. The van der Waals surface area contributed by atoms with Gasteiger partial charge in [0.2, 0.25) is 0 Å². The SMILES string of the molecule is CCS(=O)(=O)C1CSCCN1CC(=O)c1cc(Cl)sc1Cl. The van der Waals surface area contributed by atoms with Gasteiger partial charge in [-0.1, -0.05) is 30.1 Å². The first kappa shape index (κ1) is 17.6. The Morgan fingerprint density at radius 3 is 2.76 bits per heavy atom. The summed E-state index contributed by atoms with van der Waals surface area (Å²) >= 11 is 14.6. The lowest BCUT2D eigenvalue weighted by Gasteiger charge is -2.34. The maximum Gasteiger partial charge on any atom is 0.179 e. The number of ketones is 1. The molecule has 4 nitrogen and oxygen atoms in total. The molecule has 1 aliphatic rings. The number of thioether (sulfide) groups is 1. The van der Waals surface area contributed by atoms with Gasteiger partial charge in [0.05, 0.1) is 16.4 Å². The molecule has 0 bridgehead atoms. The van der Waals surface area contributed by atoms with Gasteiger partial charge in [-0.05, 0) is 6.07 Å². The Morgan fingerprint density at radius 1 is 1.48 bits per heavy atom. The minimum absolute atomic E-state index is 0.0528. The minimum atomic E-state index is -3.21. The zero-order chi connectivity index (χ0) is 15.6. The number of Topliss-reactive ketones (excluding diaryl/α,β-unsaturated/α-hetero) is 1. The smallest absolute Gasteiger partial charge is 0.179 e. The van der Waals surface area contributed by atoms with Crippen LogP contribution in [-0.2, 0) is 9.84 Å². The van der Waals surface area contributed by atoms with Crippen molar-refractivity contribution in [2.45, 2.75) is 12.3 Å². The zero-order valence-electron chi connectivity index (χ0n) is 11.3. The Morgan fingerprint density at radius 2 is 2.19 bits per heavy atom. The van der Waals surface area contributed by atoms with E-state index in [0.29, 0.717) is 26.5 Å². The average molecular weight is 388 g/mol. The highest BCUT2D eigenvalue weighted by atomic mass is 35.5. The molecule has 1 aliphatic heterocycles. The maximum atomic E-state index is 12.3. The van der Waals surface area contributed by atoms with Crippen molar-refractivity contribution in [3.63, 3.8) is 0 Å². The van der Waals surface area contributed by atoms with Gasteiger partial charge in [0.25, 0.3) is 0 Å². The van der Waals surface area contributed by atoms with Crippen LogP contribution in [0, 0.1) is 0 Å². The van der Waals surface area contributed by atoms with Crippen molar-refractivity contribution in [1.29, 1.82) is 0 Å². The van der Waals surface area contributed by atoms with E-state index in [4.69, 9.17) is 23.2 Å². The normalized spacial score (nSPS) is 20.6.